The number of nitrogens with one attached hydrogen (secondary N) is 2. The predicted molar refractivity (Wildman–Crippen MR) is 107 cm³/mol. The molecule has 1 aliphatic rings. The third-order valence-corrected chi connectivity index (χ3v) is 4.86. The van der Waals surface area contributed by atoms with Crippen molar-refractivity contribution in [2.24, 2.45) is 10.7 Å². The average molecular weight is 360 g/mol. The number of nitrogens with zero attached hydrogens (tertiary/aromatic N) is 2. The highest BCUT2D eigenvalue weighted by Gasteiger charge is 2.17. The molecule has 1 saturated heterocycles. The predicted octanol–water partition coefficient (Wildman–Crippen LogP) is 2.11. The lowest BCUT2D eigenvalue weighted by molar-refractivity contribution is 0.100. The van der Waals surface area contributed by atoms with E-state index >= 15 is 0 Å². The summed E-state index contributed by atoms with van der Waals surface area (Å²) < 4.78 is 0. The zero-order valence-electron chi connectivity index (χ0n) is 16.1. The van der Waals surface area contributed by atoms with Crippen molar-refractivity contribution in [1.29, 1.82) is 0 Å². The molecule has 0 saturated carbocycles. The van der Waals surface area contributed by atoms with Crippen molar-refractivity contribution in [2.45, 2.75) is 52.1 Å². The van der Waals surface area contributed by atoms with Crippen molar-refractivity contribution >= 4 is 11.9 Å². The van der Waals surface area contributed by atoms with E-state index in [1.54, 1.807) is 12.1 Å². The first kappa shape index (κ1) is 20.2. The van der Waals surface area contributed by atoms with Crippen LogP contribution >= 0.6 is 0 Å². The summed E-state index contributed by atoms with van der Waals surface area (Å²) in [7, 11) is 0. The van der Waals surface area contributed by atoms with Gasteiger partial charge in [-0.05, 0) is 57.4 Å². The highest BCUT2D eigenvalue weighted by atomic mass is 16.1. The molecule has 1 aromatic rings. The molecule has 1 aromatic carbocycles. The minimum absolute atomic E-state index is 0.405. The largest absolute Gasteiger partial charge is 0.366 e. The molecule has 1 atom stereocenters. The van der Waals surface area contributed by atoms with E-state index in [0.29, 0.717) is 18.2 Å². The fourth-order valence-corrected chi connectivity index (χ4v) is 3.27. The number of guanidine groups is 1. The first-order valence-electron chi connectivity index (χ1n) is 9.75. The highest BCUT2D eigenvalue weighted by molar-refractivity contribution is 5.92. The van der Waals surface area contributed by atoms with E-state index in [2.05, 4.69) is 34.4 Å². The number of piperidine rings is 1. The lowest BCUT2D eigenvalue weighted by Gasteiger charge is -2.33. The number of carbonyl (C=O) groups excluding carboxylic acids is 1. The van der Waals surface area contributed by atoms with Gasteiger partial charge in [0.1, 0.15) is 0 Å². The summed E-state index contributed by atoms with van der Waals surface area (Å²) in [6.45, 7) is 9.08. The van der Waals surface area contributed by atoms with Gasteiger partial charge in [0.2, 0.25) is 5.91 Å². The molecule has 0 bridgehead atoms. The van der Waals surface area contributed by atoms with Gasteiger partial charge in [0.25, 0.3) is 0 Å². The highest BCUT2D eigenvalue weighted by Crippen LogP contribution is 2.16. The molecule has 0 spiro atoms. The van der Waals surface area contributed by atoms with Gasteiger partial charge in [-0.2, -0.15) is 0 Å². The molecule has 6 nitrogen and oxygen atoms in total. The lowest BCUT2D eigenvalue weighted by atomic mass is 10.0. The Kier molecular flexibility index (Phi) is 8.41. The van der Waals surface area contributed by atoms with Crippen LogP contribution in [0.15, 0.2) is 29.3 Å². The average Bonchev–Trinajstić information content (AvgIpc) is 2.64. The SMILES string of the molecule is CCNC(=NCc1ccc(C(N)=O)cc1)NCCCN1CCCCC1C. The van der Waals surface area contributed by atoms with Gasteiger partial charge in [0.05, 0.1) is 6.54 Å². The van der Waals surface area contributed by atoms with Gasteiger partial charge in [0.15, 0.2) is 5.96 Å². The zero-order valence-corrected chi connectivity index (χ0v) is 16.1. The van der Waals surface area contributed by atoms with Gasteiger partial charge < -0.3 is 21.3 Å². The molecule has 1 amide bonds. The molecule has 1 fully saturated rings. The van der Waals surface area contributed by atoms with Crippen LogP contribution in [0, 0.1) is 0 Å². The lowest BCUT2D eigenvalue weighted by Crippen LogP contribution is -2.41. The van der Waals surface area contributed by atoms with E-state index in [0.717, 1.165) is 37.6 Å². The van der Waals surface area contributed by atoms with E-state index in [-0.39, 0.29) is 0 Å². The number of carbonyl (C=O) groups is 1. The van der Waals surface area contributed by atoms with Crippen LogP contribution in [0.1, 0.15) is 55.5 Å². The number of likely N-dealkylation sites (tertiary alicyclic amines) is 1. The summed E-state index contributed by atoms with van der Waals surface area (Å²) in [4.78, 5) is 18.3. The van der Waals surface area contributed by atoms with Gasteiger partial charge in [-0.3, -0.25) is 4.79 Å². The van der Waals surface area contributed by atoms with E-state index in [9.17, 15) is 4.79 Å². The second-order valence-corrected chi connectivity index (χ2v) is 6.92. The molecule has 6 heteroatoms. The summed E-state index contributed by atoms with van der Waals surface area (Å²) in [5, 5.41) is 6.69. The molecular formula is C20H33N5O. The van der Waals surface area contributed by atoms with Gasteiger partial charge in [-0.15, -0.1) is 0 Å². The van der Waals surface area contributed by atoms with Crippen LogP contribution in [0.3, 0.4) is 0 Å². The van der Waals surface area contributed by atoms with Crippen LogP contribution in [-0.4, -0.2) is 49.0 Å². The Morgan fingerprint density at radius 3 is 2.69 bits per heavy atom. The second kappa shape index (κ2) is 10.8. The van der Waals surface area contributed by atoms with Crippen LogP contribution in [0.4, 0.5) is 0 Å². The molecule has 1 unspecified atom stereocenters. The van der Waals surface area contributed by atoms with E-state index in [1.807, 2.05) is 12.1 Å². The van der Waals surface area contributed by atoms with Crippen molar-refractivity contribution in [2.75, 3.05) is 26.2 Å². The number of amides is 1. The molecule has 0 aromatic heterocycles. The summed E-state index contributed by atoms with van der Waals surface area (Å²) in [6.07, 6.45) is 5.14. The van der Waals surface area contributed by atoms with Crippen molar-refractivity contribution in [3.63, 3.8) is 0 Å². The Bertz CT molecular complexity index is 584. The summed E-state index contributed by atoms with van der Waals surface area (Å²) >= 11 is 0. The van der Waals surface area contributed by atoms with Gasteiger partial charge in [-0.25, -0.2) is 4.99 Å². The number of aliphatic imine (C=N–C) groups is 1. The summed E-state index contributed by atoms with van der Waals surface area (Å²) in [6, 6.07) is 7.99. The maximum atomic E-state index is 11.1. The number of hydrogen-bond acceptors (Lipinski definition) is 3. The van der Waals surface area contributed by atoms with Gasteiger partial charge in [0, 0.05) is 31.2 Å². The van der Waals surface area contributed by atoms with E-state index in [1.165, 1.54) is 25.8 Å². The molecular weight excluding hydrogens is 326 g/mol. The maximum Gasteiger partial charge on any atom is 0.248 e. The van der Waals surface area contributed by atoms with Crippen LogP contribution in [0.5, 0.6) is 0 Å². The third kappa shape index (κ3) is 6.67. The van der Waals surface area contributed by atoms with Crippen LogP contribution in [0.25, 0.3) is 0 Å². The number of rotatable bonds is 8. The minimum atomic E-state index is -0.405. The molecule has 144 valence electrons. The van der Waals surface area contributed by atoms with E-state index < -0.39 is 5.91 Å². The minimum Gasteiger partial charge on any atom is -0.366 e. The van der Waals surface area contributed by atoms with E-state index in [4.69, 9.17) is 5.73 Å². The van der Waals surface area contributed by atoms with Gasteiger partial charge >= 0.3 is 0 Å². The Hall–Kier alpha value is -2.08. The molecule has 4 N–H and O–H groups in total. The molecule has 0 aliphatic carbocycles. The Morgan fingerprint density at radius 1 is 1.27 bits per heavy atom. The number of nitrogens with two attached hydrogens (primary N) is 1. The number of primary amides is 1. The summed E-state index contributed by atoms with van der Waals surface area (Å²) in [5.41, 5.74) is 6.84. The molecule has 1 heterocycles. The number of hydrogen-bond donors (Lipinski definition) is 3. The standard InChI is InChI=1S/C20H33N5O/c1-3-22-20(23-12-6-14-25-13-5-4-7-16(25)2)24-15-17-8-10-18(11-9-17)19(21)26/h8-11,16H,3-7,12-15H2,1-2H3,(H2,21,26)(H2,22,23,24). The quantitative estimate of drug-likeness (QED) is 0.377. The molecule has 2 rings (SSSR count). The third-order valence-electron chi connectivity index (χ3n) is 4.86. The normalized spacial score (nSPS) is 18.5. The van der Waals surface area contributed by atoms with Gasteiger partial charge in [-0.1, -0.05) is 18.6 Å². The maximum absolute atomic E-state index is 11.1. The first-order valence-corrected chi connectivity index (χ1v) is 9.75. The first-order chi connectivity index (χ1) is 12.6. The van der Waals surface area contributed by atoms with Crippen molar-refractivity contribution in [1.82, 2.24) is 15.5 Å². The fraction of sp³-hybridized carbons (Fsp3) is 0.600. The van der Waals surface area contributed by atoms with Crippen molar-refractivity contribution < 1.29 is 4.79 Å². The van der Waals surface area contributed by atoms with Crippen molar-refractivity contribution in [3.05, 3.63) is 35.4 Å². The Labute approximate surface area is 157 Å². The topological polar surface area (TPSA) is 82.7 Å². The zero-order chi connectivity index (χ0) is 18.8. The van der Waals surface area contributed by atoms with Crippen LogP contribution in [-0.2, 0) is 6.54 Å². The summed E-state index contributed by atoms with van der Waals surface area (Å²) in [5.74, 6) is 0.427. The molecule has 0 radical (unpaired) electrons. The monoisotopic (exact) mass is 359 g/mol. The van der Waals surface area contributed by atoms with Crippen LogP contribution in [0.2, 0.25) is 0 Å². The second-order valence-electron chi connectivity index (χ2n) is 6.92. The number of benzene rings is 1. The molecule has 1 aliphatic heterocycles. The van der Waals surface area contributed by atoms with Crippen molar-refractivity contribution in [3.8, 4) is 0 Å². The fourth-order valence-electron chi connectivity index (χ4n) is 3.27. The Balaban J connectivity index is 1.77. The molecule has 26 heavy (non-hydrogen) atoms. The smallest absolute Gasteiger partial charge is 0.248 e. The van der Waals surface area contributed by atoms with Crippen LogP contribution < -0.4 is 16.4 Å². The Morgan fingerprint density at radius 2 is 2.04 bits per heavy atom.